The summed E-state index contributed by atoms with van der Waals surface area (Å²) in [5, 5.41) is 12.2. The zero-order valence-electron chi connectivity index (χ0n) is 31.3. The quantitative estimate of drug-likeness (QED) is 0.153. The molecule has 54 heavy (non-hydrogen) atoms. The molecule has 0 unspecified atom stereocenters. The van der Waals surface area contributed by atoms with Gasteiger partial charge in [0, 0.05) is 38.8 Å². The van der Waals surface area contributed by atoms with Gasteiger partial charge in [-0.1, -0.05) is 39.8 Å². The average Bonchev–Trinajstić information content (AvgIpc) is 3.15. The number of nitrogens with zero attached hydrogens (tertiary/aromatic N) is 4. The third kappa shape index (κ3) is 10.4. The van der Waals surface area contributed by atoms with Crippen molar-refractivity contribution >= 4 is 28.5 Å². The molecular weight excluding hydrogens is 717 g/mol. The Hall–Kier alpha value is -5.38. The molecule has 0 saturated carbocycles. The van der Waals surface area contributed by atoms with E-state index in [0.29, 0.717) is 4.57 Å². The molecule has 5 rings (SSSR count). The molecule has 0 radical (unpaired) electrons. The molecule has 294 valence electrons. The van der Waals surface area contributed by atoms with Gasteiger partial charge in [-0.15, -0.1) is 6.58 Å². The van der Waals surface area contributed by atoms with E-state index in [9.17, 15) is 37.5 Å². The van der Waals surface area contributed by atoms with Gasteiger partial charge in [0.2, 0.25) is 0 Å². The summed E-state index contributed by atoms with van der Waals surface area (Å²) in [6, 6.07) is 4.07. The molecule has 3 heterocycles. The topological polar surface area (TPSA) is 136 Å². The van der Waals surface area contributed by atoms with Crippen molar-refractivity contribution in [3.8, 4) is 5.69 Å². The van der Waals surface area contributed by atoms with Crippen molar-refractivity contribution < 1.29 is 41.4 Å². The van der Waals surface area contributed by atoms with Gasteiger partial charge in [-0.2, -0.15) is 0 Å². The number of rotatable bonds is 9. The van der Waals surface area contributed by atoms with Crippen LogP contribution in [0.1, 0.15) is 56.1 Å². The molecule has 0 spiro atoms. The Balaban J connectivity index is 0.00000116. The van der Waals surface area contributed by atoms with Gasteiger partial charge >= 0.3 is 11.7 Å². The molecule has 1 aliphatic heterocycles. The molecule has 1 aliphatic rings. The standard InChI is InChI=1S/C31H29F4N5O6.C3H5F.2C2H6/c1-16-10-18(39-8-9-46-15-25(39)31(2,34)35)13-21(33)26(16)27(41)37-22(29(43)44)12-17-4-5-23(20(32)11-17)40-28(42)19-6-7-36-14-24(19)38(3)30(40)45;1-2-3-4;2*1-2/h4-7,10-11,13-14,22,25H,8-9,12,15H2,1-3H3,(H,37,41)(H,43,44);2H,1,3H2;2*1-2H3/t22-,25+;;;/m0.../s1. The molecule has 4 aromatic rings. The number of nitrogens with one attached hydrogen (secondary N) is 1. The first-order valence-electron chi connectivity index (χ1n) is 17.2. The first kappa shape index (κ1) is 44.8. The van der Waals surface area contributed by atoms with Crippen molar-refractivity contribution in [3.05, 3.63) is 111 Å². The maximum atomic E-state index is 15.3. The molecule has 2 aromatic carbocycles. The predicted octanol–water partition coefficient (Wildman–Crippen LogP) is 6.15. The number of aromatic nitrogens is 3. The maximum absolute atomic E-state index is 15.3. The van der Waals surface area contributed by atoms with E-state index in [0.717, 1.165) is 29.7 Å². The van der Waals surface area contributed by atoms with Crippen molar-refractivity contribution in [1.82, 2.24) is 19.4 Å². The highest BCUT2D eigenvalue weighted by atomic mass is 19.3. The van der Waals surface area contributed by atoms with E-state index in [1.165, 1.54) is 55.5 Å². The number of benzene rings is 2. The number of carboxylic acids is 1. The molecule has 11 nitrogen and oxygen atoms in total. The molecule has 2 aromatic heterocycles. The number of ether oxygens (including phenoxy) is 1. The number of aryl methyl sites for hydroxylation is 2. The molecule has 1 saturated heterocycles. The fraction of sp³-hybridized carbons (Fsp3) is 0.395. The molecule has 2 N–H and O–H groups in total. The third-order valence-corrected chi connectivity index (χ3v) is 8.02. The Bertz CT molecular complexity index is 2020. The Morgan fingerprint density at radius 2 is 1.76 bits per heavy atom. The number of anilines is 1. The normalized spacial score (nSPS) is 14.3. The van der Waals surface area contributed by atoms with E-state index in [-0.39, 0.29) is 53.2 Å². The fourth-order valence-corrected chi connectivity index (χ4v) is 5.54. The number of morpholine rings is 1. The van der Waals surface area contributed by atoms with Gasteiger partial charge in [-0.25, -0.2) is 36.1 Å². The van der Waals surface area contributed by atoms with Crippen molar-refractivity contribution in [3.63, 3.8) is 0 Å². The minimum atomic E-state index is -3.16. The van der Waals surface area contributed by atoms with Crippen LogP contribution >= 0.6 is 0 Å². The molecule has 16 heteroatoms. The number of halogens is 5. The van der Waals surface area contributed by atoms with Crippen LogP contribution in [0.5, 0.6) is 0 Å². The van der Waals surface area contributed by atoms with Crippen molar-refractivity contribution in [2.75, 3.05) is 31.3 Å². The van der Waals surface area contributed by atoms with Crippen LogP contribution in [-0.2, 0) is 23.0 Å². The Morgan fingerprint density at radius 1 is 1.11 bits per heavy atom. The van der Waals surface area contributed by atoms with Crippen molar-refractivity contribution in [2.45, 2.75) is 66.0 Å². The zero-order valence-corrected chi connectivity index (χ0v) is 31.3. The Labute approximate surface area is 309 Å². The highest BCUT2D eigenvalue weighted by Crippen LogP contribution is 2.32. The maximum Gasteiger partial charge on any atom is 0.336 e. The second-order valence-corrected chi connectivity index (χ2v) is 11.5. The fourth-order valence-electron chi connectivity index (χ4n) is 5.54. The van der Waals surface area contributed by atoms with Gasteiger partial charge < -0.3 is 20.1 Å². The summed E-state index contributed by atoms with van der Waals surface area (Å²) in [7, 11) is 1.40. The van der Waals surface area contributed by atoms with Crippen molar-refractivity contribution in [1.29, 1.82) is 0 Å². The number of amides is 1. The van der Waals surface area contributed by atoms with Crippen LogP contribution in [0.2, 0.25) is 0 Å². The summed E-state index contributed by atoms with van der Waals surface area (Å²) in [5.41, 5.74) is -1.92. The molecule has 0 bridgehead atoms. The van der Waals surface area contributed by atoms with Crippen LogP contribution in [0.25, 0.3) is 16.6 Å². The zero-order chi connectivity index (χ0) is 40.9. The Morgan fingerprint density at radius 3 is 2.31 bits per heavy atom. The highest BCUT2D eigenvalue weighted by Gasteiger charge is 2.41. The lowest BCUT2D eigenvalue weighted by atomic mass is 10.0. The van der Waals surface area contributed by atoms with Crippen LogP contribution < -0.4 is 21.5 Å². The van der Waals surface area contributed by atoms with Gasteiger partial charge in [0.25, 0.3) is 17.4 Å². The lowest BCUT2D eigenvalue weighted by molar-refractivity contribution is -0.139. The Kier molecular flexibility index (Phi) is 16.7. The lowest BCUT2D eigenvalue weighted by Gasteiger charge is -2.40. The molecule has 2 atom stereocenters. The minimum absolute atomic E-state index is 0.0660. The van der Waals surface area contributed by atoms with E-state index in [4.69, 9.17) is 4.74 Å². The number of carbonyl (C=O) groups is 2. The molecule has 1 fully saturated rings. The van der Waals surface area contributed by atoms with E-state index in [1.807, 2.05) is 27.7 Å². The number of allylic oxidation sites excluding steroid dienone is 1. The number of carboxylic acid groups (broad SMARTS) is 1. The lowest BCUT2D eigenvalue weighted by Crippen LogP contribution is -2.54. The SMILES string of the molecule is C=CCF.CC.CC.Cc1cc(N2CCOC[C@@H]2C(C)(F)F)cc(F)c1C(=O)N[C@@H](Cc1ccc(-n2c(=O)c3ccncc3n(C)c2=O)c(F)c1)C(=O)O. The monoisotopic (exact) mass is 763 g/mol. The first-order chi connectivity index (χ1) is 25.6. The summed E-state index contributed by atoms with van der Waals surface area (Å²) in [6.45, 7) is 12.7. The number of fused-ring (bicyclic) bond motifs is 1. The van der Waals surface area contributed by atoms with Gasteiger partial charge in [0.05, 0.1) is 41.6 Å². The summed E-state index contributed by atoms with van der Waals surface area (Å²) < 4.78 is 76.6. The average molecular weight is 764 g/mol. The predicted molar refractivity (Wildman–Crippen MR) is 198 cm³/mol. The third-order valence-electron chi connectivity index (χ3n) is 8.02. The van der Waals surface area contributed by atoms with Crippen LogP contribution in [0.3, 0.4) is 0 Å². The van der Waals surface area contributed by atoms with E-state index < -0.39 is 71.4 Å². The second-order valence-electron chi connectivity index (χ2n) is 11.5. The summed E-state index contributed by atoms with van der Waals surface area (Å²) >= 11 is 0. The smallest absolute Gasteiger partial charge is 0.336 e. The number of alkyl halides is 3. The summed E-state index contributed by atoms with van der Waals surface area (Å²) in [5.74, 6) is -7.79. The number of aliphatic carboxylic acids is 1. The van der Waals surface area contributed by atoms with E-state index in [2.05, 4.69) is 16.9 Å². The van der Waals surface area contributed by atoms with Gasteiger partial charge in [0.15, 0.2) is 0 Å². The van der Waals surface area contributed by atoms with Gasteiger partial charge in [0.1, 0.15) is 30.4 Å². The van der Waals surface area contributed by atoms with Crippen LogP contribution in [0, 0.1) is 18.6 Å². The number of hydrogen-bond acceptors (Lipinski definition) is 7. The van der Waals surface area contributed by atoms with Crippen LogP contribution in [0.15, 0.2) is 71.0 Å². The highest BCUT2D eigenvalue weighted by molar-refractivity contribution is 5.98. The van der Waals surface area contributed by atoms with Gasteiger partial charge in [-0.05, 0) is 48.4 Å². The molecular formula is C38H46F5N5O6. The van der Waals surface area contributed by atoms with E-state index >= 15 is 8.78 Å². The van der Waals surface area contributed by atoms with Crippen LogP contribution in [0.4, 0.5) is 27.6 Å². The van der Waals surface area contributed by atoms with Gasteiger partial charge in [-0.3, -0.25) is 19.1 Å². The number of pyridine rings is 1. The first-order valence-corrected chi connectivity index (χ1v) is 17.2. The van der Waals surface area contributed by atoms with Crippen LogP contribution in [-0.4, -0.2) is 75.5 Å². The summed E-state index contributed by atoms with van der Waals surface area (Å²) in [6.07, 6.45) is 3.46. The second kappa shape index (κ2) is 20.2. The van der Waals surface area contributed by atoms with Crippen molar-refractivity contribution in [2.24, 2.45) is 7.05 Å². The molecule has 0 aliphatic carbocycles. The van der Waals surface area contributed by atoms with E-state index in [1.54, 1.807) is 0 Å². The molecule has 1 amide bonds. The number of carbonyl (C=O) groups excluding carboxylic acids is 1. The summed E-state index contributed by atoms with van der Waals surface area (Å²) in [4.78, 5) is 56.3. The minimum Gasteiger partial charge on any atom is -0.480 e. The largest absolute Gasteiger partial charge is 0.480 e. The number of hydrogen-bond donors (Lipinski definition) is 2.